The second kappa shape index (κ2) is 7.28. The molecule has 5 heteroatoms. The fraction of sp³-hybridized carbons (Fsp3) is 0.474. The third-order valence-electron chi connectivity index (χ3n) is 4.41. The van der Waals surface area contributed by atoms with Crippen LogP contribution in [0, 0.1) is 0 Å². The number of rotatable bonds is 5. The van der Waals surface area contributed by atoms with E-state index in [9.17, 15) is 5.11 Å². The van der Waals surface area contributed by atoms with Gasteiger partial charge in [-0.3, -0.25) is 4.90 Å². The number of furan rings is 1. The van der Waals surface area contributed by atoms with E-state index in [0.717, 1.165) is 48.0 Å². The van der Waals surface area contributed by atoms with E-state index in [1.54, 1.807) is 0 Å². The number of halogens is 1. The van der Waals surface area contributed by atoms with E-state index in [0.29, 0.717) is 13.1 Å². The number of piperidine rings is 1. The lowest BCUT2D eigenvalue weighted by Gasteiger charge is -2.40. The fourth-order valence-electron chi connectivity index (χ4n) is 3.51. The Hall–Kier alpha value is -1.33. The Balaban J connectivity index is 1.65. The first-order valence-electron chi connectivity index (χ1n) is 8.38. The Morgan fingerprint density at radius 2 is 1.96 bits per heavy atom. The first kappa shape index (κ1) is 17.5. The van der Waals surface area contributed by atoms with Crippen molar-refractivity contribution in [1.29, 1.82) is 0 Å². The van der Waals surface area contributed by atoms with Gasteiger partial charge in [0.1, 0.15) is 11.5 Å². The summed E-state index contributed by atoms with van der Waals surface area (Å²) in [5, 5.41) is 11.5. The van der Waals surface area contributed by atoms with E-state index in [1.807, 2.05) is 50.5 Å². The molecule has 0 aliphatic carbocycles. The Kier molecular flexibility index (Phi) is 5.30. The van der Waals surface area contributed by atoms with Crippen LogP contribution in [0.3, 0.4) is 0 Å². The third-order valence-corrected chi connectivity index (χ3v) is 4.67. The Morgan fingerprint density at radius 1 is 1.21 bits per heavy atom. The zero-order valence-corrected chi connectivity index (χ0v) is 15.1. The van der Waals surface area contributed by atoms with Gasteiger partial charge in [0.05, 0.1) is 12.1 Å². The standard InChI is InChI=1S/C19H25ClN2O2/c1-21(2)13-19(23)10-3-11-22(14-19)12-17-8-9-18(24-17)15-4-6-16(20)7-5-15/h4-9,23H,3,10-14H2,1-2H3/t19-/m0/s1. The highest BCUT2D eigenvalue weighted by Crippen LogP contribution is 2.27. The number of β-amino-alcohol motifs (C(OH)–C–C–N with tert-alkyl or cyclic N) is 1. The Bertz CT molecular complexity index is 668. The summed E-state index contributed by atoms with van der Waals surface area (Å²) in [4.78, 5) is 4.33. The molecule has 2 aromatic rings. The first-order chi connectivity index (χ1) is 11.4. The van der Waals surface area contributed by atoms with Crippen molar-refractivity contribution in [2.24, 2.45) is 0 Å². The van der Waals surface area contributed by atoms with Gasteiger partial charge < -0.3 is 14.4 Å². The lowest BCUT2D eigenvalue weighted by atomic mass is 9.92. The van der Waals surface area contributed by atoms with Crippen LogP contribution >= 0.6 is 11.6 Å². The van der Waals surface area contributed by atoms with Gasteiger partial charge in [-0.1, -0.05) is 11.6 Å². The molecule has 1 saturated heterocycles. The number of likely N-dealkylation sites (tertiary alicyclic amines) is 1. The summed E-state index contributed by atoms with van der Waals surface area (Å²) in [6, 6.07) is 11.7. The summed E-state index contributed by atoms with van der Waals surface area (Å²) >= 11 is 5.93. The van der Waals surface area contributed by atoms with Crippen molar-refractivity contribution < 1.29 is 9.52 Å². The van der Waals surface area contributed by atoms with Crippen molar-refractivity contribution in [2.45, 2.75) is 25.0 Å². The van der Waals surface area contributed by atoms with E-state index in [-0.39, 0.29) is 0 Å². The summed E-state index contributed by atoms with van der Waals surface area (Å²) in [6.45, 7) is 3.09. The molecule has 0 spiro atoms. The maximum atomic E-state index is 10.8. The Morgan fingerprint density at radius 3 is 2.67 bits per heavy atom. The van der Waals surface area contributed by atoms with Crippen LogP contribution in [0.25, 0.3) is 11.3 Å². The highest BCUT2D eigenvalue weighted by atomic mass is 35.5. The number of hydrogen-bond donors (Lipinski definition) is 1. The number of hydrogen-bond acceptors (Lipinski definition) is 4. The van der Waals surface area contributed by atoms with Crippen molar-refractivity contribution >= 4 is 11.6 Å². The molecule has 0 amide bonds. The SMILES string of the molecule is CN(C)C[C@@]1(O)CCCN(Cc2ccc(-c3ccc(Cl)cc3)o2)C1. The van der Waals surface area contributed by atoms with Gasteiger partial charge in [-0.2, -0.15) is 0 Å². The fourth-order valence-corrected chi connectivity index (χ4v) is 3.64. The molecule has 4 nitrogen and oxygen atoms in total. The predicted octanol–water partition coefficient (Wildman–Crippen LogP) is 3.49. The minimum atomic E-state index is -0.632. The van der Waals surface area contributed by atoms with Gasteiger partial charge in [-0.05, 0) is 69.9 Å². The molecule has 1 aromatic carbocycles. The topological polar surface area (TPSA) is 39.9 Å². The minimum absolute atomic E-state index is 0.632. The van der Waals surface area contributed by atoms with Crippen LogP contribution in [-0.2, 0) is 6.54 Å². The largest absolute Gasteiger partial charge is 0.460 e. The van der Waals surface area contributed by atoms with Crippen molar-refractivity contribution in [3.8, 4) is 11.3 Å². The normalized spacial score (nSPS) is 22.2. The Labute approximate surface area is 148 Å². The van der Waals surface area contributed by atoms with Crippen LogP contribution in [0.1, 0.15) is 18.6 Å². The van der Waals surface area contributed by atoms with E-state index in [2.05, 4.69) is 9.80 Å². The molecule has 0 radical (unpaired) electrons. The zero-order valence-electron chi connectivity index (χ0n) is 14.3. The smallest absolute Gasteiger partial charge is 0.134 e. The molecule has 1 N–H and O–H groups in total. The van der Waals surface area contributed by atoms with E-state index >= 15 is 0 Å². The number of nitrogens with zero attached hydrogens (tertiary/aromatic N) is 2. The van der Waals surface area contributed by atoms with Gasteiger partial charge in [0, 0.05) is 23.7 Å². The van der Waals surface area contributed by atoms with Gasteiger partial charge in [0.2, 0.25) is 0 Å². The summed E-state index contributed by atoms with van der Waals surface area (Å²) in [5.74, 6) is 1.77. The van der Waals surface area contributed by atoms with Gasteiger partial charge in [-0.25, -0.2) is 0 Å². The van der Waals surface area contributed by atoms with Gasteiger partial charge in [0.25, 0.3) is 0 Å². The number of aliphatic hydroxyl groups is 1. The molecule has 1 atom stereocenters. The number of likely N-dealkylation sites (N-methyl/N-ethyl adjacent to an activating group) is 1. The van der Waals surface area contributed by atoms with Crippen LogP contribution in [0.5, 0.6) is 0 Å². The average molecular weight is 349 g/mol. The van der Waals surface area contributed by atoms with Crippen LogP contribution in [0.15, 0.2) is 40.8 Å². The molecule has 2 heterocycles. The van der Waals surface area contributed by atoms with Crippen LogP contribution in [0.4, 0.5) is 0 Å². The van der Waals surface area contributed by atoms with Crippen LogP contribution in [0.2, 0.25) is 5.02 Å². The molecule has 1 aliphatic heterocycles. The molecule has 1 aliphatic rings. The number of benzene rings is 1. The van der Waals surface area contributed by atoms with Crippen molar-refractivity contribution in [2.75, 3.05) is 33.7 Å². The lowest BCUT2D eigenvalue weighted by Crippen LogP contribution is -2.52. The molecule has 1 aromatic heterocycles. The second-order valence-corrected chi connectivity index (χ2v) is 7.49. The van der Waals surface area contributed by atoms with Crippen molar-refractivity contribution in [3.05, 3.63) is 47.2 Å². The van der Waals surface area contributed by atoms with Gasteiger partial charge >= 0.3 is 0 Å². The van der Waals surface area contributed by atoms with Crippen LogP contribution < -0.4 is 0 Å². The highest BCUT2D eigenvalue weighted by molar-refractivity contribution is 6.30. The van der Waals surface area contributed by atoms with E-state index in [4.69, 9.17) is 16.0 Å². The summed E-state index contributed by atoms with van der Waals surface area (Å²) in [7, 11) is 4.00. The first-order valence-corrected chi connectivity index (χ1v) is 8.75. The molecule has 24 heavy (non-hydrogen) atoms. The minimum Gasteiger partial charge on any atom is -0.460 e. The second-order valence-electron chi connectivity index (χ2n) is 7.05. The van der Waals surface area contributed by atoms with E-state index in [1.165, 1.54) is 0 Å². The quantitative estimate of drug-likeness (QED) is 0.897. The van der Waals surface area contributed by atoms with Crippen molar-refractivity contribution in [1.82, 2.24) is 9.80 Å². The van der Waals surface area contributed by atoms with Crippen LogP contribution in [-0.4, -0.2) is 54.2 Å². The zero-order chi connectivity index (χ0) is 17.2. The lowest BCUT2D eigenvalue weighted by molar-refractivity contribution is -0.0492. The summed E-state index contributed by atoms with van der Waals surface area (Å²) in [5.41, 5.74) is 0.390. The molecular formula is C19H25ClN2O2. The molecule has 0 unspecified atom stereocenters. The van der Waals surface area contributed by atoms with Gasteiger partial charge in [0.15, 0.2) is 0 Å². The summed E-state index contributed by atoms with van der Waals surface area (Å²) in [6.07, 6.45) is 1.87. The molecule has 0 saturated carbocycles. The third kappa shape index (κ3) is 4.39. The molecular weight excluding hydrogens is 324 g/mol. The van der Waals surface area contributed by atoms with Crippen molar-refractivity contribution in [3.63, 3.8) is 0 Å². The predicted molar refractivity (Wildman–Crippen MR) is 97.2 cm³/mol. The van der Waals surface area contributed by atoms with Gasteiger partial charge in [-0.15, -0.1) is 0 Å². The maximum absolute atomic E-state index is 10.8. The molecule has 0 bridgehead atoms. The molecule has 1 fully saturated rings. The molecule has 3 rings (SSSR count). The summed E-state index contributed by atoms with van der Waals surface area (Å²) < 4.78 is 5.98. The monoisotopic (exact) mass is 348 g/mol. The maximum Gasteiger partial charge on any atom is 0.134 e. The average Bonchev–Trinajstić information content (AvgIpc) is 2.95. The molecule has 130 valence electrons. The highest BCUT2D eigenvalue weighted by Gasteiger charge is 2.33. The van der Waals surface area contributed by atoms with E-state index < -0.39 is 5.60 Å².